The number of rotatable bonds is 20. The number of hydrogen-bond acceptors (Lipinski definition) is 4. The van der Waals surface area contributed by atoms with Gasteiger partial charge in [0.05, 0.1) is 24.6 Å². The van der Waals surface area contributed by atoms with Gasteiger partial charge in [0.2, 0.25) is 0 Å². The number of nitrogens with zero attached hydrogens (tertiary/aromatic N) is 2. The molecular weight excluding hydrogens is 552 g/mol. The van der Waals surface area contributed by atoms with Crippen molar-refractivity contribution >= 4 is 23.8 Å². The first kappa shape index (κ1) is 33.7. The minimum atomic E-state index is 0.766. The van der Waals surface area contributed by atoms with E-state index >= 15 is 0 Å². The van der Waals surface area contributed by atoms with Crippen LogP contribution in [0.2, 0.25) is 0 Å². The van der Waals surface area contributed by atoms with Crippen molar-refractivity contribution in [3.63, 3.8) is 0 Å². The lowest BCUT2D eigenvalue weighted by atomic mass is 10.1. The van der Waals surface area contributed by atoms with E-state index in [2.05, 4.69) is 96.6 Å². The molecule has 0 aromatic heterocycles. The van der Waals surface area contributed by atoms with Gasteiger partial charge in [-0.15, -0.1) is 0 Å². The van der Waals surface area contributed by atoms with Crippen LogP contribution in [-0.2, 0) is 12.8 Å². The van der Waals surface area contributed by atoms with E-state index in [9.17, 15) is 0 Å². The molecule has 4 rings (SSSR count). The summed E-state index contributed by atoms with van der Waals surface area (Å²) >= 11 is 0. The number of benzene rings is 4. The summed E-state index contributed by atoms with van der Waals surface area (Å²) in [5.41, 5.74) is 6.85. The van der Waals surface area contributed by atoms with E-state index in [4.69, 9.17) is 9.47 Å². The molecule has 4 nitrogen and oxygen atoms in total. The number of aliphatic imine (C=N–C) groups is 2. The molecule has 0 aliphatic carbocycles. The maximum absolute atomic E-state index is 5.95. The lowest BCUT2D eigenvalue weighted by molar-refractivity contribution is 0.299. The fourth-order valence-electron chi connectivity index (χ4n) is 5.14. The molecule has 4 aromatic carbocycles. The maximum atomic E-state index is 5.95. The molecule has 0 fully saturated rings. The zero-order valence-electron chi connectivity index (χ0n) is 27.3. The maximum Gasteiger partial charge on any atom is 0.119 e. The molecule has 0 aliphatic heterocycles. The highest BCUT2D eigenvalue weighted by atomic mass is 16.5. The van der Waals surface area contributed by atoms with E-state index in [1.165, 1.54) is 56.1 Å². The van der Waals surface area contributed by atoms with Crippen LogP contribution in [0.3, 0.4) is 0 Å². The lowest BCUT2D eigenvalue weighted by Crippen LogP contribution is -1.98. The highest BCUT2D eigenvalue weighted by Crippen LogP contribution is 2.18. The van der Waals surface area contributed by atoms with Crippen LogP contribution in [0.4, 0.5) is 11.4 Å². The molecule has 0 unspecified atom stereocenters. The van der Waals surface area contributed by atoms with Gasteiger partial charge in [0.1, 0.15) is 11.5 Å². The van der Waals surface area contributed by atoms with Crippen molar-refractivity contribution in [3.05, 3.63) is 119 Å². The molecule has 0 aliphatic rings. The molecule has 0 saturated heterocycles. The minimum Gasteiger partial charge on any atom is -0.494 e. The smallest absolute Gasteiger partial charge is 0.119 e. The van der Waals surface area contributed by atoms with Gasteiger partial charge in [-0.3, -0.25) is 9.98 Å². The average Bonchev–Trinajstić information content (AvgIpc) is 3.08. The Morgan fingerprint density at radius 1 is 0.444 bits per heavy atom. The summed E-state index contributed by atoms with van der Waals surface area (Å²) in [4.78, 5) is 9.19. The molecule has 0 atom stereocenters. The van der Waals surface area contributed by atoms with Gasteiger partial charge < -0.3 is 9.47 Å². The first-order valence-corrected chi connectivity index (χ1v) is 16.9. The summed E-state index contributed by atoms with van der Waals surface area (Å²) in [6, 6.07) is 33.4. The second kappa shape index (κ2) is 20.0. The molecule has 4 heteroatoms. The number of unbranched alkanes of at least 4 members (excludes halogenated alkanes) is 6. The van der Waals surface area contributed by atoms with Crippen LogP contribution in [0, 0.1) is 0 Å². The molecular formula is C41H50N2O2. The van der Waals surface area contributed by atoms with Gasteiger partial charge in [0.15, 0.2) is 0 Å². The summed E-state index contributed by atoms with van der Waals surface area (Å²) in [6.07, 6.45) is 16.8. The quantitative estimate of drug-likeness (QED) is 0.0746. The number of aryl methyl sites for hydroxylation is 2. The summed E-state index contributed by atoms with van der Waals surface area (Å²) in [5, 5.41) is 0. The molecule has 4 aromatic rings. The van der Waals surface area contributed by atoms with E-state index in [1.807, 2.05) is 36.7 Å². The van der Waals surface area contributed by atoms with Crippen LogP contribution < -0.4 is 9.47 Å². The number of hydrogen-bond donors (Lipinski definition) is 0. The first-order valence-electron chi connectivity index (χ1n) is 16.9. The van der Waals surface area contributed by atoms with Crippen molar-refractivity contribution in [2.24, 2.45) is 9.98 Å². The van der Waals surface area contributed by atoms with Crippen LogP contribution in [0.15, 0.2) is 107 Å². The first-order chi connectivity index (χ1) is 22.2. The van der Waals surface area contributed by atoms with Gasteiger partial charge in [0.25, 0.3) is 0 Å². The van der Waals surface area contributed by atoms with Crippen LogP contribution >= 0.6 is 0 Å². The molecule has 45 heavy (non-hydrogen) atoms. The zero-order chi connectivity index (χ0) is 31.4. The fourth-order valence-corrected chi connectivity index (χ4v) is 5.14. The van der Waals surface area contributed by atoms with Crippen LogP contribution in [0.25, 0.3) is 0 Å². The van der Waals surface area contributed by atoms with Gasteiger partial charge in [-0.25, -0.2) is 0 Å². The van der Waals surface area contributed by atoms with Crippen molar-refractivity contribution in [3.8, 4) is 11.5 Å². The molecule has 0 heterocycles. The number of ether oxygens (including phenoxy) is 2. The fraction of sp³-hybridized carbons (Fsp3) is 0.366. The van der Waals surface area contributed by atoms with Gasteiger partial charge >= 0.3 is 0 Å². The third-order valence-electron chi connectivity index (χ3n) is 7.76. The highest BCUT2D eigenvalue weighted by molar-refractivity contribution is 5.82. The molecule has 236 valence electrons. The molecule has 0 radical (unpaired) electrons. The van der Waals surface area contributed by atoms with Gasteiger partial charge in [-0.05, 0) is 121 Å². The highest BCUT2D eigenvalue weighted by Gasteiger charge is 1.99. The normalized spacial score (nSPS) is 11.4. The van der Waals surface area contributed by atoms with E-state index < -0.39 is 0 Å². The third kappa shape index (κ3) is 13.1. The Kier molecular flexibility index (Phi) is 15.0. The van der Waals surface area contributed by atoms with Gasteiger partial charge in [-0.2, -0.15) is 0 Å². The standard InChI is InChI=1S/C41H50N2O2/c1-3-12-34-14-22-38(23-15-34)42-32-36-18-26-40(27-19-36)44-30-10-8-6-5-7-9-11-31-45-41-28-20-37(21-29-41)33-43-39-24-16-35(13-4-2)17-25-39/h14-29,32-33H,3-13,30-31H2,1-2H3. The summed E-state index contributed by atoms with van der Waals surface area (Å²) in [6.45, 7) is 5.94. The van der Waals surface area contributed by atoms with E-state index in [-0.39, 0.29) is 0 Å². The van der Waals surface area contributed by atoms with E-state index in [0.717, 1.165) is 72.9 Å². The Labute approximate surface area is 271 Å². The van der Waals surface area contributed by atoms with Crippen molar-refractivity contribution in [2.75, 3.05) is 13.2 Å². The van der Waals surface area contributed by atoms with Crippen molar-refractivity contribution < 1.29 is 9.47 Å². The predicted molar refractivity (Wildman–Crippen MR) is 192 cm³/mol. The van der Waals surface area contributed by atoms with Crippen LogP contribution in [0.5, 0.6) is 11.5 Å². The molecule has 0 N–H and O–H groups in total. The van der Waals surface area contributed by atoms with Crippen molar-refractivity contribution in [2.45, 2.75) is 84.5 Å². The molecule has 0 spiro atoms. The largest absolute Gasteiger partial charge is 0.494 e. The summed E-state index contributed by atoms with van der Waals surface area (Å²) in [7, 11) is 0. The third-order valence-corrected chi connectivity index (χ3v) is 7.76. The molecule has 0 amide bonds. The second-order valence-corrected chi connectivity index (χ2v) is 11.7. The molecule has 0 bridgehead atoms. The molecule has 0 saturated carbocycles. The average molecular weight is 603 g/mol. The Morgan fingerprint density at radius 2 is 0.800 bits per heavy atom. The summed E-state index contributed by atoms with van der Waals surface area (Å²) < 4.78 is 11.9. The Hall–Kier alpha value is -4.18. The zero-order valence-corrected chi connectivity index (χ0v) is 27.3. The van der Waals surface area contributed by atoms with Crippen molar-refractivity contribution in [1.29, 1.82) is 0 Å². The SMILES string of the molecule is CCCc1ccc(N=Cc2ccc(OCCCCCCCCCOc3ccc(C=Nc4ccc(CCC)cc4)cc3)cc2)cc1. The van der Waals surface area contributed by atoms with Gasteiger partial charge in [-0.1, -0.05) is 83.1 Å². The summed E-state index contributed by atoms with van der Waals surface area (Å²) in [5.74, 6) is 1.85. The Morgan fingerprint density at radius 3 is 1.16 bits per heavy atom. The Bertz CT molecular complexity index is 1300. The van der Waals surface area contributed by atoms with E-state index in [0.29, 0.717) is 0 Å². The van der Waals surface area contributed by atoms with Crippen molar-refractivity contribution in [1.82, 2.24) is 0 Å². The van der Waals surface area contributed by atoms with Gasteiger partial charge in [0, 0.05) is 12.4 Å². The minimum absolute atomic E-state index is 0.766. The predicted octanol–water partition coefficient (Wildman–Crippen LogP) is 11.3. The van der Waals surface area contributed by atoms with Crippen LogP contribution in [0.1, 0.15) is 93.9 Å². The Balaban J connectivity index is 0.991. The second-order valence-electron chi connectivity index (χ2n) is 11.7. The lowest BCUT2D eigenvalue weighted by Gasteiger charge is -2.07. The van der Waals surface area contributed by atoms with Crippen LogP contribution in [-0.4, -0.2) is 25.6 Å². The topological polar surface area (TPSA) is 43.2 Å². The van der Waals surface area contributed by atoms with E-state index in [1.54, 1.807) is 0 Å². The monoisotopic (exact) mass is 602 g/mol.